The van der Waals surface area contributed by atoms with Gasteiger partial charge < -0.3 is 9.73 Å². The molecule has 5 aromatic rings. The second-order valence-corrected chi connectivity index (χ2v) is 8.56. The van der Waals surface area contributed by atoms with E-state index in [4.69, 9.17) is 27.6 Å². The zero-order valence-electron chi connectivity index (χ0n) is 16.2. The maximum absolute atomic E-state index is 12.4. The van der Waals surface area contributed by atoms with Crippen LogP contribution in [-0.2, 0) is 4.79 Å². The SMILES string of the molecule is O=C(/C=C/c1ccc(-c2cc(Cl)cc(Cl)c2)o1)Nc1cccc(-c2nn3cnnc3s2)c1. The van der Waals surface area contributed by atoms with E-state index in [0.29, 0.717) is 32.2 Å². The monoisotopic (exact) mass is 481 g/mol. The molecule has 0 saturated carbocycles. The fourth-order valence-electron chi connectivity index (χ4n) is 3.04. The van der Waals surface area contributed by atoms with E-state index in [1.807, 2.05) is 24.3 Å². The number of furan rings is 1. The minimum atomic E-state index is -0.288. The maximum Gasteiger partial charge on any atom is 0.248 e. The average Bonchev–Trinajstić information content (AvgIpc) is 3.48. The number of anilines is 1. The molecule has 0 aliphatic carbocycles. The van der Waals surface area contributed by atoms with Gasteiger partial charge in [-0.1, -0.05) is 46.7 Å². The number of hydrogen-bond donors (Lipinski definition) is 1. The van der Waals surface area contributed by atoms with Gasteiger partial charge in [0.2, 0.25) is 10.9 Å². The molecule has 2 aromatic carbocycles. The molecule has 0 bridgehead atoms. The Morgan fingerprint density at radius 1 is 1.06 bits per heavy atom. The normalized spacial score (nSPS) is 11.4. The summed E-state index contributed by atoms with van der Waals surface area (Å²) < 4.78 is 7.39. The summed E-state index contributed by atoms with van der Waals surface area (Å²) in [7, 11) is 0. The zero-order chi connectivity index (χ0) is 22.1. The van der Waals surface area contributed by atoms with Crippen LogP contribution in [0.4, 0.5) is 5.69 Å². The number of rotatable bonds is 5. The first-order valence-electron chi connectivity index (χ1n) is 9.36. The summed E-state index contributed by atoms with van der Waals surface area (Å²) in [5.41, 5.74) is 2.28. The zero-order valence-corrected chi connectivity index (χ0v) is 18.5. The third-order valence-corrected chi connectivity index (χ3v) is 5.84. The molecule has 3 heterocycles. The van der Waals surface area contributed by atoms with Gasteiger partial charge in [-0.2, -0.15) is 9.61 Å². The molecule has 10 heteroatoms. The fraction of sp³-hybridized carbons (Fsp3) is 0. The molecule has 0 saturated heterocycles. The minimum absolute atomic E-state index is 0.288. The second-order valence-electron chi connectivity index (χ2n) is 6.73. The lowest BCUT2D eigenvalue weighted by atomic mass is 10.2. The molecule has 158 valence electrons. The van der Waals surface area contributed by atoms with Crippen molar-refractivity contribution in [2.75, 3.05) is 5.32 Å². The van der Waals surface area contributed by atoms with Crippen molar-refractivity contribution in [3.8, 4) is 21.9 Å². The van der Waals surface area contributed by atoms with Crippen LogP contribution in [0.3, 0.4) is 0 Å². The molecule has 0 aliphatic rings. The first-order chi connectivity index (χ1) is 15.5. The number of halogens is 2. The summed E-state index contributed by atoms with van der Waals surface area (Å²) in [6.07, 6.45) is 4.55. The number of carbonyl (C=O) groups is 1. The number of amides is 1. The van der Waals surface area contributed by atoms with Crippen molar-refractivity contribution in [3.05, 3.63) is 82.8 Å². The highest BCUT2D eigenvalue weighted by Crippen LogP contribution is 2.29. The van der Waals surface area contributed by atoms with Gasteiger partial charge in [0.05, 0.1) is 0 Å². The van der Waals surface area contributed by atoms with Gasteiger partial charge in [-0.3, -0.25) is 4.79 Å². The lowest BCUT2D eigenvalue weighted by Gasteiger charge is -2.03. The Labute approximate surface area is 195 Å². The van der Waals surface area contributed by atoms with Crippen molar-refractivity contribution >= 4 is 57.2 Å². The third kappa shape index (κ3) is 4.43. The standard InChI is InChI=1S/C22H13Cl2N5O2S/c23-15-8-14(9-16(24)11-15)19-6-4-18(31-19)5-7-20(30)26-17-3-1-2-13(10-17)21-28-29-12-25-27-22(29)32-21/h1-12H,(H,26,30)/b7-5+. The molecule has 1 N–H and O–H groups in total. The lowest BCUT2D eigenvalue weighted by Crippen LogP contribution is -2.07. The molecular weight excluding hydrogens is 469 g/mol. The Balaban J connectivity index is 1.28. The van der Waals surface area contributed by atoms with E-state index in [-0.39, 0.29) is 5.91 Å². The summed E-state index contributed by atoms with van der Waals surface area (Å²) in [4.78, 5) is 13.1. The predicted octanol–water partition coefficient (Wildman–Crippen LogP) is 6.07. The number of carbonyl (C=O) groups excluding carboxylic acids is 1. The molecule has 32 heavy (non-hydrogen) atoms. The summed E-state index contributed by atoms with van der Waals surface area (Å²) in [5.74, 6) is 0.843. The van der Waals surface area contributed by atoms with Crippen molar-refractivity contribution < 1.29 is 9.21 Å². The number of benzene rings is 2. The Morgan fingerprint density at radius 3 is 2.72 bits per heavy atom. The predicted molar refractivity (Wildman–Crippen MR) is 126 cm³/mol. The van der Waals surface area contributed by atoms with E-state index in [1.165, 1.54) is 17.4 Å². The van der Waals surface area contributed by atoms with Gasteiger partial charge in [0.25, 0.3) is 0 Å². The molecule has 0 aliphatic heterocycles. The summed E-state index contributed by atoms with van der Waals surface area (Å²) in [5, 5.41) is 16.9. The first-order valence-corrected chi connectivity index (χ1v) is 10.9. The van der Waals surface area contributed by atoms with Gasteiger partial charge in [0.1, 0.15) is 22.9 Å². The van der Waals surface area contributed by atoms with Crippen molar-refractivity contribution in [2.45, 2.75) is 0 Å². The van der Waals surface area contributed by atoms with E-state index >= 15 is 0 Å². The highest BCUT2D eigenvalue weighted by molar-refractivity contribution is 7.19. The molecule has 1 amide bonds. The smallest absolute Gasteiger partial charge is 0.248 e. The highest BCUT2D eigenvalue weighted by Gasteiger charge is 2.09. The van der Waals surface area contributed by atoms with Gasteiger partial charge in [0, 0.05) is 32.9 Å². The highest BCUT2D eigenvalue weighted by atomic mass is 35.5. The van der Waals surface area contributed by atoms with Crippen LogP contribution in [0.1, 0.15) is 5.76 Å². The van der Waals surface area contributed by atoms with Gasteiger partial charge in [-0.15, -0.1) is 10.2 Å². The van der Waals surface area contributed by atoms with Gasteiger partial charge in [-0.05, 0) is 48.5 Å². The number of hydrogen-bond acceptors (Lipinski definition) is 6. The molecule has 0 atom stereocenters. The third-order valence-electron chi connectivity index (χ3n) is 4.44. The number of aromatic nitrogens is 4. The largest absolute Gasteiger partial charge is 0.457 e. The minimum Gasteiger partial charge on any atom is -0.457 e. The molecule has 0 spiro atoms. The van der Waals surface area contributed by atoms with Crippen molar-refractivity contribution in [3.63, 3.8) is 0 Å². The van der Waals surface area contributed by atoms with E-state index in [1.54, 1.807) is 47.3 Å². The van der Waals surface area contributed by atoms with Crippen LogP contribution >= 0.6 is 34.5 Å². The van der Waals surface area contributed by atoms with Gasteiger partial charge >= 0.3 is 0 Å². The molecule has 0 radical (unpaired) electrons. The summed E-state index contributed by atoms with van der Waals surface area (Å²) in [6.45, 7) is 0. The Kier molecular flexibility index (Phi) is 5.48. The Hall–Kier alpha value is -3.46. The van der Waals surface area contributed by atoms with Crippen LogP contribution in [0.25, 0.3) is 32.9 Å². The molecule has 0 unspecified atom stereocenters. The lowest BCUT2D eigenvalue weighted by molar-refractivity contribution is -0.111. The summed E-state index contributed by atoms with van der Waals surface area (Å²) >= 11 is 13.5. The number of fused-ring (bicyclic) bond motifs is 1. The van der Waals surface area contributed by atoms with Crippen LogP contribution in [0.15, 0.2) is 71.4 Å². The quantitative estimate of drug-likeness (QED) is 0.307. The average molecular weight is 482 g/mol. The van der Waals surface area contributed by atoms with E-state index < -0.39 is 0 Å². The molecule has 3 aromatic heterocycles. The fourth-order valence-corrected chi connectivity index (χ4v) is 4.38. The van der Waals surface area contributed by atoms with E-state index in [2.05, 4.69) is 20.6 Å². The van der Waals surface area contributed by atoms with Crippen molar-refractivity contribution in [1.82, 2.24) is 19.8 Å². The van der Waals surface area contributed by atoms with Crippen LogP contribution in [0, 0.1) is 0 Å². The first kappa shape index (κ1) is 20.4. The molecule has 5 rings (SSSR count). The van der Waals surface area contributed by atoms with Gasteiger partial charge in [0.15, 0.2) is 0 Å². The van der Waals surface area contributed by atoms with Crippen LogP contribution in [0.5, 0.6) is 0 Å². The molecule has 0 fully saturated rings. The number of nitrogens with one attached hydrogen (secondary N) is 1. The Morgan fingerprint density at radius 2 is 1.91 bits per heavy atom. The van der Waals surface area contributed by atoms with Crippen molar-refractivity contribution in [1.29, 1.82) is 0 Å². The van der Waals surface area contributed by atoms with Crippen LogP contribution < -0.4 is 5.32 Å². The molecular formula is C22H13Cl2N5O2S. The Bertz CT molecular complexity index is 1420. The van der Waals surface area contributed by atoms with Crippen LogP contribution in [-0.4, -0.2) is 25.7 Å². The molecule has 7 nitrogen and oxygen atoms in total. The van der Waals surface area contributed by atoms with E-state index in [9.17, 15) is 4.79 Å². The van der Waals surface area contributed by atoms with Crippen molar-refractivity contribution in [2.24, 2.45) is 0 Å². The maximum atomic E-state index is 12.4. The topological polar surface area (TPSA) is 85.3 Å². The van der Waals surface area contributed by atoms with E-state index in [0.717, 1.165) is 16.1 Å². The number of nitrogens with zero attached hydrogens (tertiary/aromatic N) is 4. The summed E-state index contributed by atoms with van der Waals surface area (Å²) in [6, 6.07) is 16.2. The van der Waals surface area contributed by atoms with Crippen LogP contribution in [0.2, 0.25) is 10.0 Å². The second kappa shape index (κ2) is 8.58. The van der Waals surface area contributed by atoms with Gasteiger partial charge in [-0.25, -0.2) is 0 Å².